The summed E-state index contributed by atoms with van der Waals surface area (Å²) in [5.41, 5.74) is 1.29. The van der Waals surface area contributed by atoms with E-state index in [1.165, 1.54) is 0 Å². The number of rotatable bonds is 5. The minimum atomic E-state index is 0.00690. The van der Waals surface area contributed by atoms with Gasteiger partial charge in [-0.25, -0.2) is 0 Å². The summed E-state index contributed by atoms with van der Waals surface area (Å²) < 4.78 is 0. The molecule has 0 heterocycles. The first-order valence-electron chi connectivity index (χ1n) is 5.09. The molecule has 0 atom stereocenters. The second-order valence-electron chi connectivity index (χ2n) is 3.57. The van der Waals surface area contributed by atoms with Crippen molar-refractivity contribution in [3.8, 4) is 5.75 Å². The van der Waals surface area contributed by atoms with Crippen LogP contribution in [0.1, 0.15) is 35.2 Å². The highest BCUT2D eigenvalue weighted by atomic mass is 16.3. The third-order valence-electron chi connectivity index (χ3n) is 2.34. The van der Waals surface area contributed by atoms with Crippen LogP contribution in [0, 0.1) is 6.92 Å². The van der Waals surface area contributed by atoms with Crippen LogP contribution in [0.25, 0.3) is 0 Å². The van der Waals surface area contributed by atoms with Crippen LogP contribution in [-0.2, 0) is 0 Å². The number of carbonyl (C=O) groups is 1. The molecule has 15 heavy (non-hydrogen) atoms. The van der Waals surface area contributed by atoms with E-state index >= 15 is 0 Å². The highest BCUT2D eigenvalue weighted by Crippen LogP contribution is 2.22. The average Bonchev–Trinajstić information content (AvgIpc) is 2.18. The van der Waals surface area contributed by atoms with E-state index in [1.54, 1.807) is 18.2 Å². The molecule has 2 heteroatoms. The summed E-state index contributed by atoms with van der Waals surface area (Å²) in [7, 11) is 0. The Morgan fingerprint density at radius 1 is 1.53 bits per heavy atom. The van der Waals surface area contributed by atoms with Gasteiger partial charge < -0.3 is 5.11 Å². The van der Waals surface area contributed by atoms with E-state index in [4.69, 9.17) is 0 Å². The quantitative estimate of drug-likeness (QED) is 0.454. The molecule has 0 radical (unpaired) electrons. The molecule has 0 aromatic heterocycles. The van der Waals surface area contributed by atoms with E-state index in [9.17, 15) is 9.90 Å². The maximum Gasteiger partial charge on any atom is 0.166 e. The van der Waals surface area contributed by atoms with Gasteiger partial charge in [0.25, 0.3) is 0 Å². The number of benzene rings is 1. The molecule has 2 nitrogen and oxygen atoms in total. The molecule has 80 valence electrons. The first-order chi connectivity index (χ1) is 7.16. The zero-order valence-corrected chi connectivity index (χ0v) is 8.99. The van der Waals surface area contributed by atoms with Gasteiger partial charge in [0, 0.05) is 6.42 Å². The summed E-state index contributed by atoms with van der Waals surface area (Å²) in [6.45, 7) is 5.44. The third-order valence-corrected chi connectivity index (χ3v) is 2.34. The summed E-state index contributed by atoms with van der Waals surface area (Å²) in [6.07, 6.45) is 3.88. The summed E-state index contributed by atoms with van der Waals surface area (Å²) in [4.78, 5) is 11.8. The van der Waals surface area contributed by atoms with Crippen LogP contribution in [-0.4, -0.2) is 10.9 Å². The smallest absolute Gasteiger partial charge is 0.166 e. The topological polar surface area (TPSA) is 37.3 Å². The number of hydrogen-bond donors (Lipinski definition) is 1. The molecule has 1 rings (SSSR count). The number of aryl methyl sites for hydroxylation is 1. The Kier molecular flexibility index (Phi) is 4.10. The average molecular weight is 204 g/mol. The number of unbranched alkanes of at least 4 members (excludes halogenated alkanes) is 1. The fourth-order valence-electron chi connectivity index (χ4n) is 1.55. The molecule has 0 unspecified atom stereocenters. The van der Waals surface area contributed by atoms with Gasteiger partial charge in [0.1, 0.15) is 5.75 Å². The van der Waals surface area contributed by atoms with Gasteiger partial charge in [-0.2, -0.15) is 0 Å². The highest BCUT2D eigenvalue weighted by Gasteiger charge is 2.12. The molecule has 1 aromatic carbocycles. The lowest BCUT2D eigenvalue weighted by atomic mass is 10.00. The molecular formula is C13H16O2. The Labute approximate surface area is 90.3 Å². The van der Waals surface area contributed by atoms with Gasteiger partial charge in [0.2, 0.25) is 0 Å². The zero-order valence-electron chi connectivity index (χ0n) is 8.99. The van der Waals surface area contributed by atoms with Crippen molar-refractivity contribution in [1.29, 1.82) is 0 Å². The molecule has 0 saturated carbocycles. The Balaban J connectivity index is 2.77. The number of hydrogen-bond acceptors (Lipinski definition) is 2. The van der Waals surface area contributed by atoms with Crippen LogP contribution < -0.4 is 0 Å². The fourth-order valence-corrected chi connectivity index (χ4v) is 1.55. The third kappa shape index (κ3) is 2.94. The van der Waals surface area contributed by atoms with Crippen molar-refractivity contribution < 1.29 is 9.90 Å². The van der Waals surface area contributed by atoms with Gasteiger partial charge in [0.15, 0.2) is 5.78 Å². The Hall–Kier alpha value is -1.57. The normalized spacial score (nSPS) is 9.93. The van der Waals surface area contributed by atoms with E-state index in [1.807, 2.05) is 13.0 Å². The first-order valence-corrected chi connectivity index (χ1v) is 5.09. The van der Waals surface area contributed by atoms with Gasteiger partial charge in [-0.05, 0) is 31.4 Å². The molecule has 0 bridgehead atoms. The van der Waals surface area contributed by atoms with Crippen LogP contribution in [0.2, 0.25) is 0 Å². The molecule has 0 amide bonds. The minimum absolute atomic E-state index is 0.00690. The van der Waals surface area contributed by atoms with Gasteiger partial charge in [0.05, 0.1) is 5.56 Å². The fraction of sp³-hybridized carbons (Fsp3) is 0.308. The molecule has 0 saturated heterocycles. The van der Waals surface area contributed by atoms with Crippen molar-refractivity contribution in [2.75, 3.05) is 0 Å². The van der Waals surface area contributed by atoms with Crippen molar-refractivity contribution in [2.24, 2.45) is 0 Å². The van der Waals surface area contributed by atoms with Gasteiger partial charge >= 0.3 is 0 Å². The van der Waals surface area contributed by atoms with E-state index in [2.05, 4.69) is 6.58 Å². The van der Waals surface area contributed by atoms with Gasteiger partial charge in [-0.3, -0.25) is 4.79 Å². The zero-order chi connectivity index (χ0) is 11.3. The maximum absolute atomic E-state index is 11.8. The second kappa shape index (κ2) is 5.35. The van der Waals surface area contributed by atoms with E-state index < -0.39 is 0 Å². The van der Waals surface area contributed by atoms with Crippen LogP contribution in [0.5, 0.6) is 5.75 Å². The lowest BCUT2D eigenvalue weighted by Gasteiger charge is -2.06. The molecule has 0 fully saturated rings. The molecule has 0 aliphatic carbocycles. The number of aromatic hydroxyl groups is 1. The Morgan fingerprint density at radius 3 is 2.87 bits per heavy atom. The number of ketones is 1. The van der Waals surface area contributed by atoms with Crippen LogP contribution in [0.15, 0.2) is 30.9 Å². The maximum atomic E-state index is 11.8. The van der Waals surface area contributed by atoms with Gasteiger partial charge in [-0.15, -0.1) is 6.58 Å². The van der Waals surface area contributed by atoms with Crippen molar-refractivity contribution in [1.82, 2.24) is 0 Å². The minimum Gasteiger partial charge on any atom is -0.507 e. The van der Waals surface area contributed by atoms with Crippen molar-refractivity contribution in [3.05, 3.63) is 42.0 Å². The van der Waals surface area contributed by atoms with E-state index in [-0.39, 0.29) is 11.5 Å². The Bertz CT molecular complexity index is 347. The molecule has 0 aliphatic rings. The standard InChI is InChI=1S/C13H16O2/c1-3-4-5-8-11(14)13-10(2)7-6-9-12(13)15/h3,6-7,9,15H,1,4-5,8H2,2H3. The predicted octanol–water partition coefficient (Wildman–Crippen LogP) is 3.24. The lowest BCUT2D eigenvalue weighted by Crippen LogP contribution is -2.01. The number of Topliss-reactive ketones (excluding diaryl/α,β-unsaturated/α-hetero) is 1. The number of phenolic OH excluding ortho intramolecular Hbond substituents is 1. The van der Waals surface area contributed by atoms with E-state index in [0.29, 0.717) is 12.0 Å². The first kappa shape index (κ1) is 11.5. The number of allylic oxidation sites excluding steroid dienone is 1. The summed E-state index contributed by atoms with van der Waals surface area (Å²) in [6, 6.07) is 5.12. The summed E-state index contributed by atoms with van der Waals surface area (Å²) in [5.74, 6) is 0.0889. The lowest BCUT2D eigenvalue weighted by molar-refractivity contribution is 0.0977. The number of carbonyl (C=O) groups excluding carboxylic acids is 1. The van der Waals surface area contributed by atoms with Crippen molar-refractivity contribution in [3.63, 3.8) is 0 Å². The summed E-state index contributed by atoms with van der Waals surface area (Å²) in [5, 5.41) is 9.58. The van der Waals surface area contributed by atoms with Crippen LogP contribution in [0.3, 0.4) is 0 Å². The molecule has 0 aliphatic heterocycles. The highest BCUT2D eigenvalue weighted by molar-refractivity contribution is 5.99. The Morgan fingerprint density at radius 2 is 2.27 bits per heavy atom. The summed E-state index contributed by atoms with van der Waals surface area (Å²) >= 11 is 0. The molecular weight excluding hydrogens is 188 g/mol. The van der Waals surface area contributed by atoms with Crippen LogP contribution >= 0.6 is 0 Å². The van der Waals surface area contributed by atoms with E-state index in [0.717, 1.165) is 18.4 Å². The van der Waals surface area contributed by atoms with Crippen LogP contribution in [0.4, 0.5) is 0 Å². The SMILES string of the molecule is C=CCCCC(=O)c1c(C)cccc1O. The largest absolute Gasteiger partial charge is 0.507 e. The molecule has 1 aromatic rings. The monoisotopic (exact) mass is 204 g/mol. The van der Waals surface area contributed by atoms with Crippen molar-refractivity contribution >= 4 is 5.78 Å². The number of phenols is 1. The molecule has 0 spiro atoms. The van der Waals surface area contributed by atoms with Crippen molar-refractivity contribution in [2.45, 2.75) is 26.2 Å². The van der Waals surface area contributed by atoms with Gasteiger partial charge in [-0.1, -0.05) is 18.2 Å². The second-order valence-corrected chi connectivity index (χ2v) is 3.57. The molecule has 1 N–H and O–H groups in total. The predicted molar refractivity (Wildman–Crippen MR) is 61.2 cm³/mol.